The van der Waals surface area contributed by atoms with Crippen molar-refractivity contribution >= 4 is 40.8 Å². The van der Waals surface area contributed by atoms with Gasteiger partial charge in [0.1, 0.15) is 6.10 Å². The van der Waals surface area contributed by atoms with Crippen LogP contribution in [0.25, 0.3) is 10.9 Å². The molecule has 1 aromatic carbocycles. The van der Waals surface area contributed by atoms with Gasteiger partial charge in [-0.1, -0.05) is 12.1 Å². The lowest BCUT2D eigenvalue weighted by molar-refractivity contribution is -0.0817. The summed E-state index contributed by atoms with van der Waals surface area (Å²) >= 11 is 0. The Morgan fingerprint density at radius 3 is 2.93 bits per heavy atom. The molecular weight excluding hydrogens is 479 g/mol. The van der Waals surface area contributed by atoms with Crippen LogP contribution in [0.4, 0.5) is 0 Å². The Kier molecular flexibility index (Phi) is 8.20. The van der Waals surface area contributed by atoms with E-state index in [2.05, 4.69) is 53.4 Å². The molecule has 0 spiro atoms. The van der Waals surface area contributed by atoms with Gasteiger partial charge in [0.2, 0.25) is 0 Å². The fraction of sp³-hybridized carbons (Fsp3) is 0.591. The van der Waals surface area contributed by atoms with E-state index in [-0.39, 0.29) is 36.2 Å². The zero-order valence-corrected chi connectivity index (χ0v) is 19.8. The Balaban J connectivity index is 0.00000240. The second-order valence-corrected chi connectivity index (χ2v) is 7.76. The standard InChI is InChI=1S/C22H32N4O2.HI/c1-3-23-22(26-10-12-28-21(15-26)20-5-4-11-27-20)24-9-8-17-14-25-19-13-16(2)6-7-18(17)19;/h6-7,13-14,20-21,25H,3-5,8-12,15H2,1-2H3,(H,23,24);1H. The van der Waals surface area contributed by atoms with E-state index in [4.69, 9.17) is 14.5 Å². The Labute approximate surface area is 190 Å². The number of aryl methyl sites for hydroxylation is 1. The molecule has 0 amide bonds. The maximum Gasteiger partial charge on any atom is 0.194 e. The molecule has 6 nitrogen and oxygen atoms in total. The number of benzene rings is 1. The molecule has 29 heavy (non-hydrogen) atoms. The second-order valence-electron chi connectivity index (χ2n) is 7.76. The molecule has 0 aliphatic carbocycles. The quantitative estimate of drug-likeness (QED) is 0.366. The molecule has 2 atom stereocenters. The highest BCUT2D eigenvalue weighted by Gasteiger charge is 2.32. The number of ether oxygens (including phenoxy) is 2. The number of hydrogen-bond acceptors (Lipinski definition) is 3. The molecule has 0 radical (unpaired) electrons. The Morgan fingerprint density at radius 1 is 1.28 bits per heavy atom. The molecule has 2 aliphatic heterocycles. The molecular formula is C22H33IN4O2. The monoisotopic (exact) mass is 512 g/mol. The number of hydrogen-bond donors (Lipinski definition) is 2. The predicted octanol–water partition coefficient (Wildman–Crippen LogP) is 3.48. The molecule has 2 aliphatic rings. The number of guanidine groups is 1. The molecule has 4 rings (SSSR count). The summed E-state index contributed by atoms with van der Waals surface area (Å²) in [6.07, 6.45) is 5.68. The van der Waals surface area contributed by atoms with Gasteiger partial charge in [0, 0.05) is 49.9 Å². The lowest BCUT2D eigenvalue weighted by Crippen LogP contribution is -2.53. The van der Waals surface area contributed by atoms with Crippen molar-refractivity contribution in [1.82, 2.24) is 15.2 Å². The van der Waals surface area contributed by atoms with Gasteiger partial charge in [-0.3, -0.25) is 4.99 Å². The first-order chi connectivity index (χ1) is 13.7. The normalized spacial score (nSPS) is 22.7. The molecule has 0 saturated carbocycles. The van der Waals surface area contributed by atoms with E-state index < -0.39 is 0 Å². The molecule has 0 bridgehead atoms. The first kappa shape index (κ1) is 22.4. The summed E-state index contributed by atoms with van der Waals surface area (Å²) in [5, 5.41) is 4.76. The van der Waals surface area contributed by atoms with Crippen molar-refractivity contribution in [3.8, 4) is 0 Å². The van der Waals surface area contributed by atoms with Gasteiger partial charge in [0.25, 0.3) is 0 Å². The molecule has 2 saturated heterocycles. The lowest BCUT2D eigenvalue weighted by atomic mass is 10.1. The number of fused-ring (bicyclic) bond motifs is 1. The van der Waals surface area contributed by atoms with E-state index in [1.165, 1.54) is 22.0 Å². The van der Waals surface area contributed by atoms with Crippen molar-refractivity contribution in [2.45, 2.75) is 45.3 Å². The molecule has 3 heterocycles. The van der Waals surface area contributed by atoms with Crippen LogP contribution in [0.1, 0.15) is 30.9 Å². The number of nitrogens with one attached hydrogen (secondary N) is 2. The van der Waals surface area contributed by atoms with Gasteiger partial charge in [0.05, 0.1) is 12.7 Å². The van der Waals surface area contributed by atoms with Gasteiger partial charge < -0.3 is 24.7 Å². The average Bonchev–Trinajstić information content (AvgIpc) is 3.37. The average molecular weight is 512 g/mol. The van der Waals surface area contributed by atoms with Crippen LogP contribution < -0.4 is 5.32 Å². The van der Waals surface area contributed by atoms with E-state index >= 15 is 0 Å². The topological polar surface area (TPSA) is 61.9 Å². The van der Waals surface area contributed by atoms with Crippen LogP contribution in [-0.4, -0.2) is 67.4 Å². The minimum Gasteiger partial charge on any atom is -0.375 e. The fourth-order valence-electron chi connectivity index (χ4n) is 4.20. The maximum absolute atomic E-state index is 5.99. The van der Waals surface area contributed by atoms with Crippen LogP contribution in [0, 0.1) is 6.92 Å². The van der Waals surface area contributed by atoms with E-state index in [9.17, 15) is 0 Å². The SMILES string of the molecule is CCNC(=NCCc1c[nH]c2cc(C)ccc12)N1CCOC(C2CCCO2)C1.I. The number of nitrogens with zero attached hydrogens (tertiary/aromatic N) is 2. The van der Waals surface area contributed by atoms with Gasteiger partial charge in [0.15, 0.2) is 5.96 Å². The second kappa shape index (κ2) is 10.6. The third-order valence-corrected chi connectivity index (χ3v) is 5.67. The molecule has 2 aromatic rings. The summed E-state index contributed by atoms with van der Waals surface area (Å²) in [6, 6.07) is 6.58. The van der Waals surface area contributed by atoms with Crippen molar-refractivity contribution in [1.29, 1.82) is 0 Å². The van der Waals surface area contributed by atoms with Crippen LogP contribution in [0.2, 0.25) is 0 Å². The Hall–Kier alpha value is -1.32. The summed E-state index contributed by atoms with van der Waals surface area (Å²) in [6.45, 7) is 9.21. The third-order valence-electron chi connectivity index (χ3n) is 5.67. The van der Waals surface area contributed by atoms with Crippen LogP contribution in [0.3, 0.4) is 0 Å². The summed E-state index contributed by atoms with van der Waals surface area (Å²) in [4.78, 5) is 10.6. The zero-order chi connectivity index (χ0) is 19.3. The van der Waals surface area contributed by atoms with Gasteiger partial charge in [-0.25, -0.2) is 0 Å². The fourth-order valence-corrected chi connectivity index (χ4v) is 4.20. The van der Waals surface area contributed by atoms with Crippen molar-refractivity contribution in [2.75, 3.05) is 39.4 Å². The van der Waals surface area contributed by atoms with E-state index in [1.807, 2.05) is 0 Å². The highest BCUT2D eigenvalue weighted by atomic mass is 127. The van der Waals surface area contributed by atoms with Crippen molar-refractivity contribution in [3.05, 3.63) is 35.5 Å². The summed E-state index contributed by atoms with van der Waals surface area (Å²) in [5.41, 5.74) is 3.81. The van der Waals surface area contributed by atoms with Crippen LogP contribution in [0.5, 0.6) is 0 Å². The number of morpholine rings is 1. The Morgan fingerprint density at radius 2 is 2.14 bits per heavy atom. The van der Waals surface area contributed by atoms with Gasteiger partial charge in [-0.05, 0) is 50.3 Å². The first-order valence-electron chi connectivity index (χ1n) is 10.6. The van der Waals surface area contributed by atoms with Gasteiger partial charge in [-0.15, -0.1) is 24.0 Å². The minimum atomic E-state index is 0. The van der Waals surface area contributed by atoms with Crippen LogP contribution >= 0.6 is 24.0 Å². The molecule has 160 valence electrons. The molecule has 7 heteroatoms. The predicted molar refractivity (Wildman–Crippen MR) is 128 cm³/mol. The van der Waals surface area contributed by atoms with Crippen molar-refractivity contribution < 1.29 is 9.47 Å². The lowest BCUT2D eigenvalue weighted by Gasteiger charge is -2.37. The van der Waals surface area contributed by atoms with Crippen LogP contribution in [0.15, 0.2) is 29.4 Å². The minimum absolute atomic E-state index is 0. The number of aromatic amines is 1. The van der Waals surface area contributed by atoms with E-state index in [1.54, 1.807) is 0 Å². The van der Waals surface area contributed by atoms with Crippen molar-refractivity contribution in [2.24, 2.45) is 4.99 Å². The molecule has 2 fully saturated rings. The van der Waals surface area contributed by atoms with E-state index in [0.717, 1.165) is 64.6 Å². The van der Waals surface area contributed by atoms with E-state index in [0.29, 0.717) is 0 Å². The number of aromatic nitrogens is 1. The summed E-state index contributed by atoms with van der Waals surface area (Å²) in [7, 11) is 0. The number of rotatable bonds is 5. The summed E-state index contributed by atoms with van der Waals surface area (Å²) < 4.78 is 11.8. The van der Waals surface area contributed by atoms with Crippen molar-refractivity contribution in [3.63, 3.8) is 0 Å². The van der Waals surface area contributed by atoms with Gasteiger partial charge in [-0.2, -0.15) is 0 Å². The number of H-pyrrole nitrogens is 1. The third kappa shape index (κ3) is 5.44. The maximum atomic E-state index is 5.99. The molecule has 1 aromatic heterocycles. The summed E-state index contributed by atoms with van der Waals surface area (Å²) in [5.74, 6) is 0.990. The molecule has 2 N–H and O–H groups in total. The Bertz CT molecular complexity index is 816. The van der Waals surface area contributed by atoms with Gasteiger partial charge >= 0.3 is 0 Å². The highest BCUT2D eigenvalue weighted by Crippen LogP contribution is 2.22. The highest BCUT2D eigenvalue weighted by molar-refractivity contribution is 14.0. The first-order valence-corrected chi connectivity index (χ1v) is 10.6. The number of halogens is 1. The smallest absolute Gasteiger partial charge is 0.194 e. The zero-order valence-electron chi connectivity index (χ0n) is 17.4. The van der Waals surface area contributed by atoms with Crippen LogP contribution in [-0.2, 0) is 15.9 Å². The largest absolute Gasteiger partial charge is 0.375 e. The molecule has 2 unspecified atom stereocenters. The number of aliphatic imine (C=N–C) groups is 1.